The van der Waals surface area contributed by atoms with Gasteiger partial charge < -0.3 is 9.64 Å². The van der Waals surface area contributed by atoms with E-state index in [4.69, 9.17) is 4.74 Å². The third kappa shape index (κ3) is 5.71. The van der Waals surface area contributed by atoms with Crippen LogP contribution in [0.5, 0.6) is 0 Å². The Kier molecular flexibility index (Phi) is 6.64. The standard InChI is InChI=1S/C22H25IN4O3/c1-22(2,3)30-21(29)25(4)13-16-7-11-19(12-8-16)26-15-24-27(20(26)28)14-17-5-9-18(23)10-6-17/h5-12,15H,13-14H2,1-4H3. The predicted octanol–water partition coefficient (Wildman–Crippen LogP) is 4.05. The molecule has 0 aliphatic carbocycles. The van der Waals surface area contributed by atoms with Crippen LogP contribution in [0.4, 0.5) is 4.79 Å². The van der Waals surface area contributed by atoms with Crippen LogP contribution in [-0.2, 0) is 17.8 Å². The van der Waals surface area contributed by atoms with Crippen LogP contribution in [0.2, 0.25) is 0 Å². The van der Waals surface area contributed by atoms with Gasteiger partial charge in [-0.2, -0.15) is 5.10 Å². The summed E-state index contributed by atoms with van der Waals surface area (Å²) in [5.41, 5.74) is 1.94. The summed E-state index contributed by atoms with van der Waals surface area (Å²) in [6.07, 6.45) is 1.15. The Bertz CT molecular complexity index is 1060. The first kappa shape index (κ1) is 22.1. The first-order valence-electron chi connectivity index (χ1n) is 9.55. The van der Waals surface area contributed by atoms with E-state index >= 15 is 0 Å². The number of halogens is 1. The number of carbonyl (C=O) groups is 1. The number of benzene rings is 2. The van der Waals surface area contributed by atoms with Crippen LogP contribution in [-0.4, -0.2) is 38.0 Å². The Morgan fingerprint density at radius 2 is 1.67 bits per heavy atom. The summed E-state index contributed by atoms with van der Waals surface area (Å²) in [6, 6.07) is 15.5. The van der Waals surface area contributed by atoms with Gasteiger partial charge >= 0.3 is 11.8 Å². The molecular weight excluding hydrogens is 495 g/mol. The number of hydrogen-bond donors (Lipinski definition) is 0. The van der Waals surface area contributed by atoms with Gasteiger partial charge in [0.05, 0.1) is 12.2 Å². The largest absolute Gasteiger partial charge is 0.444 e. The molecule has 0 saturated heterocycles. The van der Waals surface area contributed by atoms with Gasteiger partial charge in [0.2, 0.25) is 0 Å². The predicted molar refractivity (Wildman–Crippen MR) is 124 cm³/mol. The fourth-order valence-electron chi connectivity index (χ4n) is 2.83. The van der Waals surface area contributed by atoms with Crippen molar-refractivity contribution in [3.05, 3.63) is 80.0 Å². The van der Waals surface area contributed by atoms with Crippen LogP contribution in [0.1, 0.15) is 31.9 Å². The number of rotatable bonds is 5. The fraction of sp³-hybridized carbons (Fsp3) is 0.318. The van der Waals surface area contributed by atoms with E-state index in [9.17, 15) is 9.59 Å². The molecule has 1 amide bonds. The van der Waals surface area contributed by atoms with E-state index in [0.717, 1.165) is 20.4 Å². The van der Waals surface area contributed by atoms with Crippen LogP contribution in [0.25, 0.3) is 5.69 Å². The number of aromatic nitrogens is 3. The number of amides is 1. The Labute approximate surface area is 189 Å². The van der Waals surface area contributed by atoms with Crippen LogP contribution in [0.3, 0.4) is 0 Å². The second-order valence-corrected chi connectivity index (χ2v) is 9.32. The molecule has 0 saturated carbocycles. The second kappa shape index (κ2) is 9.03. The normalized spacial score (nSPS) is 11.4. The molecule has 3 rings (SSSR count). The highest BCUT2D eigenvalue weighted by Gasteiger charge is 2.19. The Morgan fingerprint density at radius 3 is 2.27 bits per heavy atom. The molecule has 1 aromatic heterocycles. The lowest BCUT2D eigenvalue weighted by molar-refractivity contribution is 0.0285. The van der Waals surface area contributed by atoms with Crippen molar-refractivity contribution in [2.24, 2.45) is 0 Å². The Morgan fingerprint density at radius 1 is 1.07 bits per heavy atom. The molecule has 0 bridgehead atoms. The zero-order valence-corrected chi connectivity index (χ0v) is 19.7. The maximum Gasteiger partial charge on any atom is 0.410 e. The van der Waals surface area contributed by atoms with Gasteiger partial charge in [0.1, 0.15) is 11.9 Å². The number of ether oxygens (including phenoxy) is 1. The molecule has 0 aliphatic heterocycles. The van der Waals surface area contributed by atoms with Gasteiger partial charge in [0.15, 0.2) is 0 Å². The van der Waals surface area contributed by atoms with E-state index < -0.39 is 5.60 Å². The van der Waals surface area contributed by atoms with Gasteiger partial charge in [-0.05, 0) is 78.8 Å². The lowest BCUT2D eigenvalue weighted by Gasteiger charge is -2.24. The zero-order valence-electron chi connectivity index (χ0n) is 17.5. The minimum Gasteiger partial charge on any atom is -0.444 e. The van der Waals surface area contributed by atoms with Crippen molar-refractivity contribution in [2.75, 3.05) is 7.05 Å². The van der Waals surface area contributed by atoms with Crippen LogP contribution in [0.15, 0.2) is 59.7 Å². The van der Waals surface area contributed by atoms with Crippen molar-refractivity contribution in [3.63, 3.8) is 0 Å². The van der Waals surface area contributed by atoms with Gasteiger partial charge in [0, 0.05) is 17.2 Å². The highest BCUT2D eigenvalue weighted by molar-refractivity contribution is 14.1. The number of carbonyl (C=O) groups excluding carboxylic acids is 1. The fourth-order valence-corrected chi connectivity index (χ4v) is 3.19. The van der Waals surface area contributed by atoms with E-state index in [1.165, 1.54) is 20.5 Å². The Hall–Kier alpha value is -2.62. The monoisotopic (exact) mass is 520 g/mol. The van der Waals surface area contributed by atoms with Crippen LogP contribution >= 0.6 is 22.6 Å². The van der Waals surface area contributed by atoms with Crippen molar-refractivity contribution in [1.82, 2.24) is 19.2 Å². The third-order valence-electron chi connectivity index (χ3n) is 4.32. The first-order valence-corrected chi connectivity index (χ1v) is 10.6. The molecule has 0 N–H and O–H groups in total. The van der Waals surface area contributed by atoms with Crippen molar-refractivity contribution >= 4 is 28.7 Å². The van der Waals surface area contributed by atoms with Crippen LogP contribution < -0.4 is 5.69 Å². The summed E-state index contributed by atoms with van der Waals surface area (Å²) in [7, 11) is 1.70. The average Bonchev–Trinajstić information content (AvgIpc) is 3.03. The molecule has 0 atom stereocenters. The SMILES string of the molecule is CN(Cc1ccc(-n2cnn(Cc3ccc(I)cc3)c2=O)cc1)C(=O)OC(C)(C)C. The molecule has 0 aliphatic rings. The zero-order chi connectivity index (χ0) is 21.9. The quantitative estimate of drug-likeness (QED) is 0.476. The third-order valence-corrected chi connectivity index (χ3v) is 5.04. The lowest BCUT2D eigenvalue weighted by Crippen LogP contribution is -2.33. The molecule has 3 aromatic rings. The smallest absolute Gasteiger partial charge is 0.410 e. The van der Waals surface area contributed by atoms with Gasteiger partial charge in [-0.1, -0.05) is 24.3 Å². The molecule has 30 heavy (non-hydrogen) atoms. The summed E-state index contributed by atoms with van der Waals surface area (Å²) in [5, 5.41) is 4.23. The van der Waals surface area contributed by atoms with E-state index in [-0.39, 0.29) is 11.8 Å². The number of nitrogens with zero attached hydrogens (tertiary/aromatic N) is 4. The molecular formula is C22H25IN4O3. The molecule has 8 heteroatoms. The maximum atomic E-state index is 12.7. The van der Waals surface area contributed by atoms with Gasteiger partial charge in [0.25, 0.3) is 0 Å². The minimum absolute atomic E-state index is 0.202. The Balaban J connectivity index is 1.69. The summed E-state index contributed by atoms with van der Waals surface area (Å²) >= 11 is 2.25. The second-order valence-electron chi connectivity index (χ2n) is 8.07. The van der Waals surface area contributed by atoms with Gasteiger partial charge in [-0.3, -0.25) is 0 Å². The minimum atomic E-state index is -0.533. The van der Waals surface area contributed by atoms with Crippen LogP contribution in [0, 0.1) is 3.57 Å². The molecule has 7 nitrogen and oxygen atoms in total. The molecule has 0 unspecified atom stereocenters. The highest BCUT2D eigenvalue weighted by atomic mass is 127. The average molecular weight is 520 g/mol. The van der Waals surface area contributed by atoms with E-state index in [1.54, 1.807) is 7.05 Å². The maximum absolute atomic E-state index is 12.7. The summed E-state index contributed by atoms with van der Waals surface area (Å²) in [6.45, 7) is 6.34. The highest BCUT2D eigenvalue weighted by Crippen LogP contribution is 2.13. The molecule has 0 fully saturated rings. The topological polar surface area (TPSA) is 69.4 Å². The van der Waals surface area contributed by atoms with E-state index in [2.05, 4.69) is 27.7 Å². The van der Waals surface area contributed by atoms with E-state index in [0.29, 0.717) is 13.1 Å². The van der Waals surface area contributed by atoms with Crippen molar-refractivity contribution < 1.29 is 9.53 Å². The molecule has 0 radical (unpaired) electrons. The molecule has 0 spiro atoms. The van der Waals surface area contributed by atoms with Gasteiger partial charge in [-0.25, -0.2) is 18.8 Å². The van der Waals surface area contributed by atoms with Crippen molar-refractivity contribution in [2.45, 2.75) is 39.5 Å². The van der Waals surface area contributed by atoms with Gasteiger partial charge in [-0.15, -0.1) is 0 Å². The van der Waals surface area contributed by atoms with E-state index in [1.807, 2.05) is 69.3 Å². The number of hydrogen-bond acceptors (Lipinski definition) is 4. The molecule has 2 aromatic carbocycles. The summed E-state index contributed by atoms with van der Waals surface area (Å²) < 4.78 is 9.46. The first-order chi connectivity index (χ1) is 14.1. The van der Waals surface area contributed by atoms with Crippen molar-refractivity contribution in [3.8, 4) is 5.69 Å². The molecule has 1 heterocycles. The van der Waals surface area contributed by atoms with Crippen molar-refractivity contribution in [1.29, 1.82) is 0 Å². The lowest BCUT2D eigenvalue weighted by atomic mass is 10.2. The molecule has 158 valence electrons. The summed E-state index contributed by atoms with van der Waals surface area (Å²) in [4.78, 5) is 26.4. The summed E-state index contributed by atoms with van der Waals surface area (Å²) in [5.74, 6) is 0.